The van der Waals surface area contributed by atoms with Crippen molar-refractivity contribution in [3.8, 4) is 11.1 Å². The summed E-state index contributed by atoms with van der Waals surface area (Å²) in [4.78, 5) is 38.3. The second-order valence-corrected chi connectivity index (χ2v) is 8.77. The number of alkyl carbamates (subject to hydrolysis) is 1. The smallest absolute Gasteiger partial charge is 0.407 e. The lowest BCUT2D eigenvalue weighted by atomic mass is 9.98. The zero-order valence-electron chi connectivity index (χ0n) is 19.4. The van der Waals surface area contributed by atoms with Gasteiger partial charge in [-0.2, -0.15) is 0 Å². The van der Waals surface area contributed by atoms with E-state index in [2.05, 4.69) is 29.6 Å². The van der Waals surface area contributed by atoms with Crippen molar-refractivity contribution in [2.24, 2.45) is 5.92 Å². The third-order valence-electron chi connectivity index (χ3n) is 6.59. The average molecular weight is 467 g/mol. The molecule has 0 bridgehead atoms. The van der Waals surface area contributed by atoms with Crippen LogP contribution in [0.1, 0.15) is 37.3 Å². The number of carbonyl (C=O) groups is 3. The Hall–Kier alpha value is -3.39. The number of carbonyl (C=O) groups excluding carboxylic acids is 2. The number of nitrogens with zero attached hydrogens (tertiary/aromatic N) is 1. The molecule has 0 saturated carbocycles. The molecule has 180 valence electrons. The van der Waals surface area contributed by atoms with Gasteiger partial charge in [-0.15, -0.1) is 0 Å². The molecule has 8 nitrogen and oxygen atoms in total. The van der Waals surface area contributed by atoms with E-state index in [-0.39, 0.29) is 25.0 Å². The molecule has 1 fully saturated rings. The minimum absolute atomic E-state index is 0.0523. The maximum absolute atomic E-state index is 13.0. The molecule has 1 heterocycles. The van der Waals surface area contributed by atoms with E-state index in [4.69, 9.17) is 9.47 Å². The van der Waals surface area contributed by atoms with E-state index in [0.29, 0.717) is 19.6 Å². The van der Waals surface area contributed by atoms with Crippen molar-refractivity contribution in [2.75, 3.05) is 26.3 Å². The van der Waals surface area contributed by atoms with E-state index < -0.39 is 30.1 Å². The van der Waals surface area contributed by atoms with Gasteiger partial charge in [0.2, 0.25) is 0 Å². The molecule has 2 aromatic carbocycles. The molecule has 34 heavy (non-hydrogen) atoms. The van der Waals surface area contributed by atoms with Crippen molar-refractivity contribution in [3.05, 3.63) is 59.7 Å². The van der Waals surface area contributed by atoms with Crippen molar-refractivity contribution < 1.29 is 29.0 Å². The van der Waals surface area contributed by atoms with Gasteiger partial charge >= 0.3 is 12.1 Å². The third kappa shape index (κ3) is 4.77. The molecule has 2 aromatic rings. The fourth-order valence-corrected chi connectivity index (χ4v) is 4.74. The Kier molecular flexibility index (Phi) is 7.17. The number of benzene rings is 2. The number of carboxylic acid groups (broad SMARTS) is 1. The molecule has 2 amide bonds. The molecule has 0 radical (unpaired) electrons. The van der Waals surface area contributed by atoms with Gasteiger partial charge in [0.15, 0.2) is 6.10 Å². The van der Waals surface area contributed by atoms with Gasteiger partial charge in [0.05, 0.1) is 12.0 Å². The Balaban J connectivity index is 1.37. The van der Waals surface area contributed by atoms with Crippen LogP contribution in [0.3, 0.4) is 0 Å². The summed E-state index contributed by atoms with van der Waals surface area (Å²) in [6, 6.07) is 15.7. The molecule has 1 aliphatic carbocycles. The van der Waals surface area contributed by atoms with Gasteiger partial charge in [-0.25, -0.2) is 4.79 Å². The van der Waals surface area contributed by atoms with Crippen LogP contribution >= 0.6 is 0 Å². The zero-order chi connectivity index (χ0) is 24.2. The van der Waals surface area contributed by atoms with E-state index in [1.165, 1.54) is 4.90 Å². The monoisotopic (exact) mass is 466 g/mol. The summed E-state index contributed by atoms with van der Waals surface area (Å²) in [5.74, 6) is -2.04. The Bertz CT molecular complexity index is 1030. The first-order valence-corrected chi connectivity index (χ1v) is 11.6. The average Bonchev–Trinajstić information content (AvgIpc) is 3.43. The van der Waals surface area contributed by atoms with Crippen LogP contribution in [-0.2, 0) is 19.1 Å². The van der Waals surface area contributed by atoms with Crippen LogP contribution in [0.5, 0.6) is 0 Å². The van der Waals surface area contributed by atoms with E-state index in [1.54, 1.807) is 13.8 Å². The van der Waals surface area contributed by atoms with E-state index in [9.17, 15) is 19.5 Å². The summed E-state index contributed by atoms with van der Waals surface area (Å²) in [7, 11) is 0. The highest BCUT2D eigenvalue weighted by atomic mass is 16.6. The Morgan fingerprint density at radius 1 is 1.12 bits per heavy atom. The van der Waals surface area contributed by atoms with Gasteiger partial charge in [0, 0.05) is 25.6 Å². The fourth-order valence-electron chi connectivity index (χ4n) is 4.74. The summed E-state index contributed by atoms with van der Waals surface area (Å²) in [6.07, 6.45) is -0.981. The maximum Gasteiger partial charge on any atom is 0.407 e. The van der Waals surface area contributed by atoms with Crippen LogP contribution in [0.2, 0.25) is 0 Å². The van der Waals surface area contributed by atoms with Gasteiger partial charge in [0.25, 0.3) is 5.91 Å². The second-order valence-electron chi connectivity index (χ2n) is 8.77. The predicted molar refractivity (Wildman–Crippen MR) is 125 cm³/mol. The lowest BCUT2D eigenvalue weighted by Crippen LogP contribution is -2.51. The summed E-state index contributed by atoms with van der Waals surface area (Å²) in [6.45, 7) is 4.30. The number of likely N-dealkylation sites (N-methyl/N-ethyl adjacent to an activating group) is 1. The number of nitrogens with one attached hydrogen (secondary N) is 1. The summed E-state index contributed by atoms with van der Waals surface area (Å²) < 4.78 is 11.2. The van der Waals surface area contributed by atoms with Crippen molar-refractivity contribution in [2.45, 2.75) is 38.3 Å². The Morgan fingerprint density at radius 2 is 1.74 bits per heavy atom. The van der Waals surface area contributed by atoms with Gasteiger partial charge < -0.3 is 24.8 Å². The summed E-state index contributed by atoms with van der Waals surface area (Å²) in [5, 5.41) is 12.0. The molecular weight excluding hydrogens is 436 g/mol. The zero-order valence-corrected chi connectivity index (χ0v) is 19.4. The van der Waals surface area contributed by atoms with Crippen LogP contribution in [0.25, 0.3) is 11.1 Å². The molecule has 1 unspecified atom stereocenters. The molecule has 1 aliphatic heterocycles. The highest BCUT2D eigenvalue weighted by Gasteiger charge is 2.38. The number of hydrogen-bond donors (Lipinski definition) is 2. The van der Waals surface area contributed by atoms with Crippen molar-refractivity contribution in [3.63, 3.8) is 0 Å². The highest BCUT2D eigenvalue weighted by Crippen LogP contribution is 2.44. The predicted octanol–water partition coefficient (Wildman–Crippen LogP) is 3.25. The molecule has 2 aliphatic rings. The number of hydrogen-bond acceptors (Lipinski definition) is 5. The maximum atomic E-state index is 13.0. The molecule has 1 saturated heterocycles. The molecule has 8 heteroatoms. The SMILES string of the molecule is CCN(CC(C)C(=O)O)C(=O)[C@@H]1OCC[C@@H]1NC(=O)OCC1c2ccccc2-c2ccccc21. The van der Waals surface area contributed by atoms with Crippen LogP contribution in [0, 0.1) is 5.92 Å². The van der Waals surface area contributed by atoms with Crippen LogP contribution in [-0.4, -0.2) is 66.4 Å². The first-order valence-electron chi connectivity index (χ1n) is 11.6. The van der Waals surface area contributed by atoms with Crippen molar-refractivity contribution >= 4 is 18.0 Å². The molecule has 2 N–H and O–H groups in total. The van der Waals surface area contributed by atoms with E-state index in [1.807, 2.05) is 24.3 Å². The first-order chi connectivity index (χ1) is 16.4. The van der Waals surface area contributed by atoms with Gasteiger partial charge in [-0.05, 0) is 35.6 Å². The number of rotatable bonds is 8. The lowest BCUT2D eigenvalue weighted by Gasteiger charge is -2.28. The van der Waals surface area contributed by atoms with Gasteiger partial charge in [-0.3, -0.25) is 9.59 Å². The minimum Gasteiger partial charge on any atom is -0.481 e. The first kappa shape index (κ1) is 23.8. The van der Waals surface area contributed by atoms with E-state index >= 15 is 0 Å². The Labute approximate surface area is 198 Å². The molecule has 0 aromatic heterocycles. The quantitative estimate of drug-likeness (QED) is 0.619. The van der Waals surface area contributed by atoms with Crippen molar-refractivity contribution in [1.29, 1.82) is 0 Å². The van der Waals surface area contributed by atoms with Gasteiger partial charge in [-0.1, -0.05) is 55.5 Å². The lowest BCUT2D eigenvalue weighted by molar-refractivity contribution is -0.146. The van der Waals surface area contributed by atoms with Gasteiger partial charge in [0.1, 0.15) is 6.61 Å². The van der Waals surface area contributed by atoms with E-state index in [0.717, 1.165) is 22.3 Å². The number of fused-ring (bicyclic) bond motifs is 3. The largest absolute Gasteiger partial charge is 0.481 e. The summed E-state index contributed by atoms with van der Waals surface area (Å²) >= 11 is 0. The highest BCUT2D eigenvalue weighted by molar-refractivity contribution is 5.84. The molecule has 0 spiro atoms. The third-order valence-corrected chi connectivity index (χ3v) is 6.59. The summed E-state index contributed by atoms with van der Waals surface area (Å²) in [5.41, 5.74) is 4.55. The normalized spacial score (nSPS) is 19.7. The standard InChI is InChI=1S/C26H30N2O6/c1-3-28(14-16(2)25(30)31)24(29)23-22(12-13-33-23)27-26(32)34-15-21-19-10-6-4-8-17(19)18-9-5-7-11-20(18)21/h4-11,16,21-23H,3,12-15H2,1-2H3,(H,27,32)(H,30,31)/t16?,22-,23+/m0/s1. The molecular formula is C26H30N2O6. The number of ether oxygens (including phenoxy) is 2. The number of carboxylic acids is 1. The fraction of sp³-hybridized carbons (Fsp3) is 0.423. The molecule has 3 atom stereocenters. The number of aliphatic carboxylic acids is 1. The number of amides is 2. The van der Waals surface area contributed by atoms with Crippen molar-refractivity contribution in [1.82, 2.24) is 10.2 Å². The van der Waals surface area contributed by atoms with Crippen LogP contribution < -0.4 is 5.32 Å². The minimum atomic E-state index is -0.966. The topological polar surface area (TPSA) is 105 Å². The molecule has 4 rings (SSSR count). The van der Waals surface area contributed by atoms with Crippen LogP contribution in [0.4, 0.5) is 4.79 Å². The Morgan fingerprint density at radius 3 is 2.32 bits per heavy atom. The second kappa shape index (κ2) is 10.3. The van der Waals surface area contributed by atoms with Crippen LogP contribution in [0.15, 0.2) is 48.5 Å².